The summed E-state index contributed by atoms with van der Waals surface area (Å²) in [7, 11) is 1.93. The number of rotatable bonds is 6. The van der Waals surface area contributed by atoms with E-state index in [0.717, 1.165) is 18.7 Å². The molecule has 1 N–H and O–H groups in total. The van der Waals surface area contributed by atoms with Crippen molar-refractivity contribution < 1.29 is 4.74 Å². The highest BCUT2D eigenvalue weighted by molar-refractivity contribution is 5.27. The molecule has 15 heavy (non-hydrogen) atoms. The van der Waals surface area contributed by atoms with Gasteiger partial charge in [0.2, 0.25) is 0 Å². The molecule has 0 aliphatic carbocycles. The largest absolute Gasteiger partial charge is 0.490 e. The molecule has 0 spiro atoms. The minimum absolute atomic E-state index is 0.632. The Bertz CT molecular complexity index is 290. The van der Waals surface area contributed by atoms with Gasteiger partial charge in [-0.25, -0.2) is 0 Å². The summed E-state index contributed by atoms with van der Waals surface area (Å²) in [6, 6.07) is 8.24. The van der Waals surface area contributed by atoms with E-state index in [1.165, 1.54) is 5.56 Å². The molecule has 0 saturated heterocycles. The van der Waals surface area contributed by atoms with Crippen molar-refractivity contribution in [1.82, 2.24) is 5.32 Å². The van der Waals surface area contributed by atoms with Crippen molar-refractivity contribution in [3.8, 4) is 5.75 Å². The molecule has 0 amide bonds. The number of nitrogens with one attached hydrogen (secondary N) is 1. The Hall–Kier alpha value is -1.28. The van der Waals surface area contributed by atoms with E-state index in [1.54, 1.807) is 0 Å². The topological polar surface area (TPSA) is 21.3 Å². The average Bonchev–Trinajstić information content (AvgIpc) is 2.30. The van der Waals surface area contributed by atoms with Gasteiger partial charge in [-0.15, -0.1) is 0 Å². The second-order valence-electron chi connectivity index (χ2n) is 3.34. The quantitative estimate of drug-likeness (QED) is 0.720. The van der Waals surface area contributed by atoms with Crippen LogP contribution in [0.4, 0.5) is 0 Å². The molecular weight excluding hydrogens is 186 g/mol. The summed E-state index contributed by atoms with van der Waals surface area (Å²) in [5, 5.41) is 3.04. The lowest BCUT2D eigenvalue weighted by molar-refractivity contribution is 0.362. The van der Waals surface area contributed by atoms with Crippen LogP contribution in [0, 0.1) is 0 Å². The monoisotopic (exact) mass is 205 g/mol. The van der Waals surface area contributed by atoms with Gasteiger partial charge < -0.3 is 10.1 Å². The van der Waals surface area contributed by atoms with E-state index in [9.17, 15) is 0 Å². The second-order valence-corrected chi connectivity index (χ2v) is 3.34. The van der Waals surface area contributed by atoms with Crippen molar-refractivity contribution in [2.75, 3.05) is 20.2 Å². The summed E-state index contributed by atoms with van der Waals surface area (Å²) in [6.45, 7) is 3.67. The lowest BCUT2D eigenvalue weighted by Crippen LogP contribution is -2.04. The summed E-state index contributed by atoms with van der Waals surface area (Å²) in [5.41, 5.74) is 1.34. The first kappa shape index (κ1) is 11.8. The van der Waals surface area contributed by atoms with E-state index in [-0.39, 0.29) is 0 Å². The highest BCUT2D eigenvalue weighted by Gasteiger charge is 1.91. The van der Waals surface area contributed by atoms with Gasteiger partial charge in [-0.3, -0.25) is 0 Å². The van der Waals surface area contributed by atoms with Gasteiger partial charge >= 0.3 is 0 Å². The number of benzene rings is 1. The van der Waals surface area contributed by atoms with Crippen LogP contribution in [0.25, 0.3) is 0 Å². The van der Waals surface area contributed by atoms with E-state index in [1.807, 2.05) is 25.3 Å². The molecule has 0 radical (unpaired) electrons. The molecule has 2 nitrogen and oxygen atoms in total. The standard InChI is InChI=1S/C13H19NO/c1-3-12-6-8-13(9-7-12)15-11-5-4-10-14-2/h4-9,14H,3,10-11H2,1-2H3. The Morgan fingerprint density at radius 2 is 1.93 bits per heavy atom. The average molecular weight is 205 g/mol. The number of hydrogen-bond donors (Lipinski definition) is 1. The maximum absolute atomic E-state index is 5.54. The maximum Gasteiger partial charge on any atom is 0.119 e. The van der Waals surface area contributed by atoms with Crippen molar-refractivity contribution in [3.63, 3.8) is 0 Å². The molecule has 0 unspecified atom stereocenters. The van der Waals surface area contributed by atoms with E-state index >= 15 is 0 Å². The molecule has 82 valence electrons. The summed E-state index contributed by atoms with van der Waals surface area (Å²) in [5.74, 6) is 0.932. The van der Waals surface area contributed by atoms with Crippen molar-refractivity contribution in [2.45, 2.75) is 13.3 Å². The van der Waals surface area contributed by atoms with Gasteiger partial charge in [0.15, 0.2) is 0 Å². The van der Waals surface area contributed by atoms with Crippen LogP contribution in [-0.2, 0) is 6.42 Å². The van der Waals surface area contributed by atoms with Gasteiger partial charge in [0.1, 0.15) is 12.4 Å². The molecule has 0 aromatic heterocycles. The number of ether oxygens (including phenoxy) is 1. The summed E-state index contributed by atoms with van der Waals surface area (Å²) in [6.07, 6.45) is 5.15. The van der Waals surface area contributed by atoms with Crippen molar-refractivity contribution in [2.24, 2.45) is 0 Å². The van der Waals surface area contributed by atoms with E-state index in [0.29, 0.717) is 6.61 Å². The predicted octanol–water partition coefficient (Wildman–Crippen LogP) is 2.40. The van der Waals surface area contributed by atoms with Crippen LogP contribution < -0.4 is 10.1 Å². The lowest BCUT2D eigenvalue weighted by Gasteiger charge is -2.03. The molecule has 0 aliphatic heterocycles. The molecule has 2 heteroatoms. The first-order valence-electron chi connectivity index (χ1n) is 5.38. The molecule has 0 fully saturated rings. The SMILES string of the molecule is CCc1ccc(OCC=CCNC)cc1. The molecule has 0 saturated carbocycles. The zero-order chi connectivity index (χ0) is 10.9. The minimum atomic E-state index is 0.632. The zero-order valence-corrected chi connectivity index (χ0v) is 9.49. The molecule has 0 heterocycles. The van der Waals surface area contributed by atoms with Gasteiger partial charge in [-0.1, -0.05) is 31.2 Å². The van der Waals surface area contributed by atoms with E-state index < -0.39 is 0 Å². The fourth-order valence-electron chi connectivity index (χ4n) is 1.23. The molecule has 1 aromatic carbocycles. The fourth-order valence-corrected chi connectivity index (χ4v) is 1.23. The number of aryl methyl sites for hydroxylation is 1. The van der Waals surface area contributed by atoms with Crippen LogP contribution in [0.2, 0.25) is 0 Å². The third-order valence-electron chi connectivity index (χ3n) is 2.17. The highest BCUT2D eigenvalue weighted by atomic mass is 16.5. The van der Waals surface area contributed by atoms with Gasteiger partial charge in [0.25, 0.3) is 0 Å². The first-order valence-corrected chi connectivity index (χ1v) is 5.38. The zero-order valence-electron chi connectivity index (χ0n) is 9.49. The first-order chi connectivity index (χ1) is 7.36. The highest BCUT2D eigenvalue weighted by Crippen LogP contribution is 2.12. The van der Waals surface area contributed by atoms with Crippen LogP contribution in [0.5, 0.6) is 5.75 Å². The van der Waals surface area contributed by atoms with Crippen molar-refractivity contribution in [3.05, 3.63) is 42.0 Å². The second kappa shape index (κ2) is 7.07. The Balaban J connectivity index is 2.31. The van der Waals surface area contributed by atoms with Crippen LogP contribution >= 0.6 is 0 Å². The van der Waals surface area contributed by atoms with Crippen LogP contribution in [-0.4, -0.2) is 20.2 Å². The minimum Gasteiger partial charge on any atom is -0.490 e. The Kier molecular flexibility index (Phi) is 5.56. The van der Waals surface area contributed by atoms with Crippen LogP contribution in [0.3, 0.4) is 0 Å². The van der Waals surface area contributed by atoms with Crippen molar-refractivity contribution in [1.29, 1.82) is 0 Å². The third kappa shape index (κ3) is 4.66. The molecule has 1 rings (SSSR count). The molecule has 1 aromatic rings. The lowest BCUT2D eigenvalue weighted by atomic mass is 10.2. The molecular formula is C13H19NO. The van der Waals surface area contributed by atoms with Crippen LogP contribution in [0.1, 0.15) is 12.5 Å². The van der Waals surface area contributed by atoms with Crippen LogP contribution in [0.15, 0.2) is 36.4 Å². The Morgan fingerprint density at radius 1 is 1.20 bits per heavy atom. The smallest absolute Gasteiger partial charge is 0.119 e. The van der Waals surface area contributed by atoms with E-state index in [2.05, 4.69) is 30.4 Å². The summed E-state index contributed by atoms with van der Waals surface area (Å²) in [4.78, 5) is 0. The Morgan fingerprint density at radius 3 is 2.53 bits per heavy atom. The third-order valence-corrected chi connectivity index (χ3v) is 2.17. The maximum atomic E-state index is 5.54. The number of hydrogen-bond acceptors (Lipinski definition) is 2. The van der Waals surface area contributed by atoms with Gasteiger partial charge in [0, 0.05) is 6.54 Å². The Labute approximate surface area is 92.0 Å². The molecule has 0 bridgehead atoms. The van der Waals surface area contributed by atoms with Gasteiger partial charge in [-0.2, -0.15) is 0 Å². The van der Waals surface area contributed by atoms with Gasteiger partial charge in [0.05, 0.1) is 0 Å². The van der Waals surface area contributed by atoms with E-state index in [4.69, 9.17) is 4.74 Å². The normalized spacial score (nSPS) is 10.8. The summed E-state index contributed by atoms with van der Waals surface area (Å²) >= 11 is 0. The summed E-state index contributed by atoms with van der Waals surface area (Å²) < 4.78 is 5.54. The molecule has 0 aliphatic rings. The number of likely N-dealkylation sites (N-methyl/N-ethyl adjacent to an activating group) is 1. The predicted molar refractivity (Wildman–Crippen MR) is 64.4 cm³/mol. The molecule has 0 atom stereocenters. The fraction of sp³-hybridized carbons (Fsp3) is 0.385. The van der Waals surface area contributed by atoms with Crippen molar-refractivity contribution >= 4 is 0 Å². The van der Waals surface area contributed by atoms with Gasteiger partial charge in [-0.05, 0) is 31.2 Å².